The van der Waals surface area contributed by atoms with Crippen LogP contribution >= 0.6 is 12.2 Å². The third kappa shape index (κ3) is 3.62. The number of benzene rings is 1. The number of aryl methyl sites for hydroxylation is 1. The molecule has 21 heavy (non-hydrogen) atoms. The van der Waals surface area contributed by atoms with E-state index in [2.05, 4.69) is 19.2 Å². The second kappa shape index (κ2) is 6.14. The molecule has 0 spiro atoms. The average molecular weight is 304 g/mol. The molecular weight excluding hydrogens is 280 g/mol. The highest BCUT2D eigenvalue weighted by Crippen LogP contribution is 2.41. The van der Waals surface area contributed by atoms with Crippen molar-refractivity contribution < 1.29 is 4.79 Å². The Morgan fingerprint density at radius 3 is 2.71 bits per heavy atom. The maximum absolute atomic E-state index is 12.6. The molecule has 1 saturated carbocycles. The van der Waals surface area contributed by atoms with Gasteiger partial charge in [-0.1, -0.05) is 51.0 Å². The lowest BCUT2D eigenvalue weighted by molar-refractivity contribution is -0.124. The Hall–Kier alpha value is -1.42. The lowest BCUT2D eigenvalue weighted by atomic mass is 9.68. The van der Waals surface area contributed by atoms with E-state index in [1.807, 2.05) is 25.1 Å². The fraction of sp³-hybridized carbons (Fsp3) is 0.529. The van der Waals surface area contributed by atoms with Crippen molar-refractivity contribution in [2.24, 2.45) is 17.1 Å². The van der Waals surface area contributed by atoms with E-state index in [0.717, 1.165) is 36.1 Å². The first-order valence-corrected chi connectivity index (χ1v) is 7.93. The van der Waals surface area contributed by atoms with Crippen LogP contribution in [-0.2, 0) is 4.79 Å². The molecule has 1 aliphatic rings. The van der Waals surface area contributed by atoms with E-state index >= 15 is 0 Å². The maximum atomic E-state index is 12.6. The summed E-state index contributed by atoms with van der Waals surface area (Å²) in [7, 11) is 0. The summed E-state index contributed by atoms with van der Waals surface area (Å²) in [6.07, 6.45) is 4.42. The van der Waals surface area contributed by atoms with Crippen molar-refractivity contribution in [2.45, 2.75) is 46.5 Å². The standard InChI is InChI=1S/C17H24N2OS/c1-11-7-8-12(15(18)21)10-14(11)19-16(20)13-6-4-5-9-17(13,2)3/h7-8,10,13H,4-6,9H2,1-3H3,(H2,18,21)(H,19,20). The molecule has 1 atom stereocenters. The number of nitrogens with one attached hydrogen (secondary N) is 1. The predicted octanol–water partition coefficient (Wildman–Crippen LogP) is 3.78. The first kappa shape index (κ1) is 16.0. The number of amides is 1. The number of hydrogen-bond donors (Lipinski definition) is 2. The van der Waals surface area contributed by atoms with E-state index < -0.39 is 0 Å². The summed E-state index contributed by atoms with van der Waals surface area (Å²) in [5.74, 6) is 0.182. The van der Waals surface area contributed by atoms with E-state index in [0.29, 0.717) is 4.99 Å². The average Bonchev–Trinajstić information content (AvgIpc) is 2.40. The molecule has 1 unspecified atom stereocenters. The molecule has 0 aromatic heterocycles. The van der Waals surface area contributed by atoms with Gasteiger partial charge >= 0.3 is 0 Å². The minimum Gasteiger partial charge on any atom is -0.389 e. The van der Waals surface area contributed by atoms with Crippen LogP contribution in [0.1, 0.15) is 50.7 Å². The van der Waals surface area contributed by atoms with Crippen LogP contribution in [0.2, 0.25) is 0 Å². The second-order valence-electron chi connectivity index (χ2n) is 6.67. The Morgan fingerprint density at radius 2 is 2.10 bits per heavy atom. The van der Waals surface area contributed by atoms with Crippen LogP contribution in [0.3, 0.4) is 0 Å². The normalized spacial score (nSPS) is 20.8. The number of thiocarbonyl (C=S) groups is 1. The first-order valence-electron chi connectivity index (χ1n) is 7.52. The molecule has 0 heterocycles. The topological polar surface area (TPSA) is 55.1 Å². The molecule has 0 aliphatic heterocycles. The Morgan fingerprint density at radius 1 is 1.38 bits per heavy atom. The zero-order chi connectivity index (χ0) is 15.6. The van der Waals surface area contributed by atoms with Gasteiger partial charge in [0.15, 0.2) is 0 Å². The van der Waals surface area contributed by atoms with Crippen molar-refractivity contribution in [1.29, 1.82) is 0 Å². The molecule has 1 amide bonds. The fourth-order valence-corrected chi connectivity index (χ4v) is 3.24. The summed E-state index contributed by atoms with van der Waals surface area (Å²) in [5.41, 5.74) is 8.36. The summed E-state index contributed by atoms with van der Waals surface area (Å²) in [5, 5.41) is 3.08. The van der Waals surface area contributed by atoms with E-state index in [4.69, 9.17) is 18.0 Å². The molecule has 0 saturated heterocycles. The second-order valence-corrected chi connectivity index (χ2v) is 7.11. The van der Waals surface area contributed by atoms with Gasteiger partial charge in [0.25, 0.3) is 0 Å². The number of carbonyl (C=O) groups is 1. The molecule has 3 nitrogen and oxygen atoms in total. The van der Waals surface area contributed by atoms with Crippen LogP contribution in [0.4, 0.5) is 5.69 Å². The zero-order valence-electron chi connectivity index (χ0n) is 13.0. The SMILES string of the molecule is Cc1ccc(C(N)=S)cc1NC(=O)C1CCCCC1(C)C. The number of nitrogens with two attached hydrogens (primary N) is 1. The highest BCUT2D eigenvalue weighted by molar-refractivity contribution is 7.80. The van der Waals surface area contributed by atoms with Gasteiger partial charge in [0.2, 0.25) is 5.91 Å². The quantitative estimate of drug-likeness (QED) is 0.835. The molecule has 1 aliphatic carbocycles. The van der Waals surface area contributed by atoms with Crippen LogP contribution in [0.5, 0.6) is 0 Å². The smallest absolute Gasteiger partial charge is 0.228 e. The first-order chi connectivity index (χ1) is 9.81. The Balaban J connectivity index is 2.19. The maximum Gasteiger partial charge on any atom is 0.228 e. The molecule has 114 valence electrons. The van der Waals surface area contributed by atoms with Crippen molar-refractivity contribution in [3.05, 3.63) is 29.3 Å². The predicted molar refractivity (Wildman–Crippen MR) is 91.4 cm³/mol. The van der Waals surface area contributed by atoms with Gasteiger partial charge in [0, 0.05) is 17.2 Å². The summed E-state index contributed by atoms with van der Waals surface area (Å²) < 4.78 is 0. The van der Waals surface area contributed by atoms with Gasteiger partial charge in [-0.3, -0.25) is 4.79 Å². The van der Waals surface area contributed by atoms with E-state index in [1.54, 1.807) is 0 Å². The van der Waals surface area contributed by atoms with Crippen LogP contribution in [0, 0.1) is 18.3 Å². The van der Waals surface area contributed by atoms with Crippen molar-refractivity contribution >= 4 is 28.8 Å². The number of rotatable bonds is 3. The van der Waals surface area contributed by atoms with Gasteiger partial charge < -0.3 is 11.1 Å². The van der Waals surface area contributed by atoms with Gasteiger partial charge in [-0.15, -0.1) is 0 Å². The van der Waals surface area contributed by atoms with E-state index in [1.165, 1.54) is 6.42 Å². The molecule has 1 aromatic carbocycles. The zero-order valence-corrected chi connectivity index (χ0v) is 13.8. The minimum absolute atomic E-state index is 0.0665. The summed E-state index contributed by atoms with van der Waals surface area (Å²) in [6, 6.07) is 5.69. The third-order valence-corrected chi connectivity index (χ3v) is 4.84. The van der Waals surface area contributed by atoms with Crippen LogP contribution in [0.15, 0.2) is 18.2 Å². The lowest BCUT2D eigenvalue weighted by Crippen LogP contribution is -2.37. The Labute approximate surface area is 132 Å². The van der Waals surface area contributed by atoms with Crippen LogP contribution in [-0.4, -0.2) is 10.9 Å². The number of carbonyl (C=O) groups excluding carboxylic acids is 1. The van der Waals surface area contributed by atoms with Crippen LogP contribution in [0.25, 0.3) is 0 Å². The lowest BCUT2D eigenvalue weighted by Gasteiger charge is -2.37. The van der Waals surface area contributed by atoms with Gasteiger partial charge in [-0.2, -0.15) is 0 Å². The molecule has 2 rings (SSSR count). The van der Waals surface area contributed by atoms with Crippen LogP contribution < -0.4 is 11.1 Å². The number of hydrogen-bond acceptors (Lipinski definition) is 2. The molecular formula is C17H24N2OS. The van der Waals surface area contributed by atoms with Crippen molar-refractivity contribution in [2.75, 3.05) is 5.32 Å². The monoisotopic (exact) mass is 304 g/mol. The molecule has 1 fully saturated rings. The Kier molecular flexibility index (Phi) is 4.67. The Bertz CT molecular complexity index is 566. The minimum atomic E-state index is 0.0665. The van der Waals surface area contributed by atoms with Crippen molar-refractivity contribution in [3.63, 3.8) is 0 Å². The van der Waals surface area contributed by atoms with Gasteiger partial charge in [0.05, 0.1) is 0 Å². The largest absolute Gasteiger partial charge is 0.389 e. The molecule has 0 radical (unpaired) electrons. The van der Waals surface area contributed by atoms with E-state index in [-0.39, 0.29) is 17.2 Å². The van der Waals surface area contributed by atoms with E-state index in [9.17, 15) is 4.79 Å². The van der Waals surface area contributed by atoms with Crippen molar-refractivity contribution in [1.82, 2.24) is 0 Å². The molecule has 3 N–H and O–H groups in total. The van der Waals surface area contributed by atoms with Crippen molar-refractivity contribution in [3.8, 4) is 0 Å². The molecule has 1 aromatic rings. The highest BCUT2D eigenvalue weighted by Gasteiger charge is 2.37. The van der Waals surface area contributed by atoms with Gasteiger partial charge in [-0.05, 0) is 36.8 Å². The summed E-state index contributed by atoms with van der Waals surface area (Å²) in [4.78, 5) is 13.0. The third-order valence-electron chi connectivity index (χ3n) is 4.60. The highest BCUT2D eigenvalue weighted by atomic mass is 32.1. The van der Waals surface area contributed by atoms with Gasteiger partial charge in [0.1, 0.15) is 4.99 Å². The molecule has 4 heteroatoms. The number of anilines is 1. The summed E-state index contributed by atoms with van der Waals surface area (Å²) >= 11 is 5.01. The fourth-order valence-electron chi connectivity index (χ4n) is 3.11. The summed E-state index contributed by atoms with van der Waals surface area (Å²) in [6.45, 7) is 6.36. The van der Waals surface area contributed by atoms with Gasteiger partial charge in [-0.25, -0.2) is 0 Å². The molecule has 0 bridgehead atoms.